The highest BCUT2D eigenvalue weighted by Crippen LogP contribution is 2.34. The van der Waals surface area contributed by atoms with Crippen LogP contribution in [-0.4, -0.2) is 50.5 Å². The molecule has 0 saturated heterocycles. The van der Waals surface area contributed by atoms with Gasteiger partial charge in [-0.25, -0.2) is 0 Å². The molecule has 0 fully saturated rings. The zero-order valence-electron chi connectivity index (χ0n) is 16.2. The molecule has 6 heteroatoms. The molecular weight excluding hydrogens is 354 g/mol. The predicted molar refractivity (Wildman–Crippen MR) is 112 cm³/mol. The van der Waals surface area contributed by atoms with E-state index in [9.17, 15) is 9.59 Å². The van der Waals surface area contributed by atoms with Crippen molar-refractivity contribution in [3.05, 3.63) is 60.2 Å². The number of hydrogen-bond donors (Lipinski definition) is 1. The molecule has 1 aliphatic heterocycles. The van der Waals surface area contributed by atoms with E-state index in [1.807, 2.05) is 44.4 Å². The lowest BCUT2D eigenvalue weighted by Gasteiger charge is -2.30. The summed E-state index contributed by atoms with van der Waals surface area (Å²) in [6.07, 6.45) is 4.10. The Morgan fingerprint density at radius 3 is 2.75 bits per heavy atom. The van der Waals surface area contributed by atoms with Gasteiger partial charge >= 0.3 is 0 Å². The van der Waals surface area contributed by atoms with Crippen LogP contribution in [-0.2, 0) is 9.59 Å². The van der Waals surface area contributed by atoms with E-state index in [1.54, 1.807) is 29.2 Å². The van der Waals surface area contributed by atoms with Gasteiger partial charge in [0.1, 0.15) is 5.75 Å². The Balaban J connectivity index is 1.70. The van der Waals surface area contributed by atoms with Gasteiger partial charge in [-0.1, -0.05) is 30.3 Å². The number of nitrogens with zero attached hydrogens (tertiary/aromatic N) is 2. The highest BCUT2D eigenvalue weighted by atomic mass is 16.5. The summed E-state index contributed by atoms with van der Waals surface area (Å²) in [4.78, 5) is 28.4. The van der Waals surface area contributed by atoms with Crippen molar-refractivity contribution in [2.45, 2.75) is 6.42 Å². The number of carbonyl (C=O) groups is 2. The third-order valence-corrected chi connectivity index (χ3v) is 4.38. The highest BCUT2D eigenvalue weighted by molar-refractivity contribution is 6.03. The normalized spacial score (nSPS) is 13.5. The van der Waals surface area contributed by atoms with E-state index in [1.165, 1.54) is 6.08 Å². The number of nitrogens with one attached hydrogen (secondary N) is 1. The summed E-state index contributed by atoms with van der Waals surface area (Å²) in [6, 6.07) is 15.0. The first kappa shape index (κ1) is 19.6. The minimum Gasteiger partial charge on any atom is -0.482 e. The molecule has 2 aromatic carbocycles. The smallest absolute Gasteiger partial charge is 0.265 e. The molecule has 0 atom stereocenters. The topological polar surface area (TPSA) is 61.9 Å². The molecule has 2 aromatic rings. The van der Waals surface area contributed by atoms with Crippen molar-refractivity contribution in [1.82, 2.24) is 4.90 Å². The maximum Gasteiger partial charge on any atom is 0.265 e. The Labute approximate surface area is 165 Å². The summed E-state index contributed by atoms with van der Waals surface area (Å²) in [7, 11) is 4.01. The van der Waals surface area contributed by atoms with Crippen LogP contribution in [0, 0.1) is 0 Å². The SMILES string of the molecule is CN(C)CCCN1C(=O)COc2ccc(NC(=O)/C=C/c3ccccc3)cc21. The minimum absolute atomic E-state index is 0.0421. The van der Waals surface area contributed by atoms with Crippen LogP contribution >= 0.6 is 0 Å². The number of hydrogen-bond acceptors (Lipinski definition) is 4. The lowest BCUT2D eigenvalue weighted by atomic mass is 10.2. The van der Waals surface area contributed by atoms with Gasteiger partial charge in [-0.2, -0.15) is 0 Å². The van der Waals surface area contributed by atoms with Crippen LogP contribution in [0.1, 0.15) is 12.0 Å². The van der Waals surface area contributed by atoms with Gasteiger partial charge in [-0.3, -0.25) is 9.59 Å². The summed E-state index contributed by atoms with van der Waals surface area (Å²) < 4.78 is 5.53. The molecule has 0 bridgehead atoms. The zero-order chi connectivity index (χ0) is 19.9. The molecule has 0 aliphatic carbocycles. The molecule has 0 aromatic heterocycles. The van der Waals surface area contributed by atoms with E-state index in [2.05, 4.69) is 10.2 Å². The quantitative estimate of drug-likeness (QED) is 0.751. The monoisotopic (exact) mass is 379 g/mol. The molecule has 28 heavy (non-hydrogen) atoms. The Bertz CT molecular complexity index is 863. The first-order valence-corrected chi connectivity index (χ1v) is 9.29. The summed E-state index contributed by atoms with van der Waals surface area (Å²) in [5.74, 6) is 0.354. The standard InChI is InChI=1S/C22H25N3O3/c1-24(2)13-6-14-25-19-15-18(10-11-20(19)28-16-22(25)27)23-21(26)12-9-17-7-4-3-5-8-17/h3-5,7-12,15H,6,13-14,16H2,1-2H3,(H,23,26)/b12-9+. The number of fused-ring (bicyclic) bond motifs is 1. The van der Waals surface area contributed by atoms with E-state index in [-0.39, 0.29) is 18.4 Å². The summed E-state index contributed by atoms with van der Waals surface area (Å²) in [6.45, 7) is 1.54. The maximum atomic E-state index is 12.3. The Hall–Kier alpha value is -3.12. The second-order valence-corrected chi connectivity index (χ2v) is 6.91. The largest absolute Gasteiger partial charge is 0.482 e. The van der Waals surface area contributed by atoms with Gasteiger partial charge < -0.3 is 19.9 Å². The highest BCUT2D eigenvalue weighted by Gasteiger charge is 2.25. The van der Waals surface area contributed by atoms with Gasteiger partial charge in [-0.15, -0.1) is 0 Å². The van der Waals surface area contributed by atoms with Gasteiger partial charge in [0.05, 0.1) is 5.69 Å². The zero-order valence-corrected chi connectivity index (χ0v) is 16.2. The first-order chi connectivity index (χ1) is 13.5. The van der Waals surface area contributed by atoms with Crippen molar-refractivity contribution in [1.29, 1.82) is 0 Å². The van der Waals surface area contributed by atoms with E-state index < -0.39 is 0 Å². The van der Waals surface area contributed by atoms with E-state index >= 15 is 0 Å². The van der Waals surface area contributed by atoms with Crippen molar-refractivity contribution < 1.29 is 14.3 Å². The van der Waals surface area contributed by atoms with Crippen LogP contribution in [0.15, 0.2) is 54.6 Å². The summed E-state index contributed by atoms with van der Waals surface area (Å²) in [5, 5.41) is 2.84. The van der Waals surface area contributed by atoms with Crippen LogP contribution in [0.25, 0.3) is 6.08 Å². The molecule has 146 valence electrons. The number of amides is 2. The van der Waals surface area contributed by atoms with Crippen LogP contribution in [0.4, 0.5) is 11.4 Å². The Morgan fingerprint density at radius 1 is 1.21 bits per heavy atom. The lowest BCUT2D eigenvalue weighted by molar-refractivity contribution is -0.121. The van der Waals surface area contributed by atoms with Crippen LogP contribution < -0.4 is 15.0 Å². The van der Waals surface area contributed by atoms with Crippen molar-refractivity contribution in [2.75, 3.05) is 44.0 Å². The molecule has 0 spiro atoms. The number of rotatable bonds is 7. The molecule has 6 nitrogen and oxygen atoms in total. The molecule has 0 saturated carbocycles. The number of ether oxygens (including phenoxy) is 1. The summed E-state index contributed by atoms with van der Waals surface area (Å²) >= 11 is 0. The number of carbonyl (C=O) groups excluding carboxylic acids is 2. The van der Waals surface area contributed by atoms with Gasteiger partial charge in [-0.05, 0) is 56.9 Å². The number of benzene rings is 2. The van der Waals surface area contributed by atoms with Crippen LogP contribution in [0.2, 0.25) is 0 Å². The second-order valence-electron chi connectivity index (χ2n) is 6.91. The molecular formula is C22H25N3O3. The molecule has 1 aliphatic rings. The fraction of sp³-hybridized carbons (Fsp3) is 0.273. The van der Waals surface area contributed by atoms with Crippen molar-refractivity contribution in [3.8, 4) is 5.75 Å². The van der Waals surface area contributed by atoms with Gasteiger partial charge in [0, 0.05) is 18.3 Å². The van der Waals surface area contributed by atoms with Crippen LogP contribution in [0.3, 0.4) is 0 Å². The molecule has 0 unspecified atom stereocenters. The van der Waals surface area contributed by atoms with Crippen molar-refractivity contribution in [3.63, 3.8) is 0 Å². The summed E-state index contributed by atoms with van der Waals surface area (Å²) in [5.41, 5.74) is 2.27. The first-order valence-electron chi connectivity index (χ1n) is 9.29. The predicted octanol–water partition coefficient (Wildman–Crippen LogP) is 3.02. The van der Waals surface area contributed by atoms with E-state index in [0.717, 1.165) is 18.5 Å². The molecule has 0 radical (unpaired) electrons. The molecule has 2 amide bonds. The minimum atomic E-state index is -0.231. The van der Waals surface area contributed by atoms with Gasteiger partial charge in [0.2, 0.25) is 5.91 Å². The Morgan fingerprint density at radius 2 is 2.00 bits per heavy atom. The van der Waals surface area contributed by atoms with Gasteiger partial charge in [0.15, 0.2) is 6.61 Å². The van der Waals surface area contributed by atoms with Crippen LogP contribution in [0.5, 0.6) is 5.75 Å². The number of anilines is 2. The third-order valence-electron chi connectivity index (χ3n) is 4.38. The fourth-order valence-electron chi connectivity index (χ4n) is 2.99. The molecule has 1 N–H and O–H groups in total. The van der Waals surface area contributed by atoms with E-state index in [0.29, 0.717) is 23.7 Å². The van der Waals surface area contributed by atoms with Crippen molar-refractivity contribution >= 4 is 29.3 Å². The lowest BCUT2D eigenvalue weighted by Crippen LogP contribution is -2.40. The molecule has 3 rings (SSSR count). The second kappa shape index (κ2) is 9.19. The molecule has 1 heterocycles. The van der Waals surface area contributed by atoms with Crippen molar-refractivity contribution in [2.24, 2.45) is 0 Å². The third kappa shape index (κ3) is 5.20. The maximum absolute atomic E-state index is 12.3. The average Bonchev–Trinajstić information content (AvgIpc) is 2.69. The van der Waals surface area contributed by atoms with E-state index in [4.69, 9.17) is 4.74 Å². The Kier molecular flexibility index (Phi) is 6.45. The average molecular weight is 379 g/mol. The fourth-order valence-corrected chi connectivity index (χ4v) is 2.99. The van der Waals surface area contributed by atoms with Gasteiger partial charge in [0.25, 0.3) is 5.91 Å².